The Hall–Kier alpha value is -3.66. The number of aromatic nitrogens is 3. The Balaban J connectivity index is 2.01. The number of nitrogens with one attached hydrogen (secondary N) is 1. The van der Waals surface area contributed by atoms with Crippen molar-refractivity contribution in [3.05, 3.63) is 48.2 Å². The van der Waals surface area contributed by atoms with E-state index >= 15 is 0 Å². The normalized spacial score (nSPS) is 11.8. The number of pyridine rings is 1. The first-order chi connectivity index (χ1) is 12.9. The molecule has 2 heterocycles. The molecule has 0 radical (unpaired) electrons. The van der Waals surface area contributed by atoms with Crippen molar-refractivity contribution >= 4 is 40.4 Å². The number of rotatable bonds is 6. The second-order valence-electron chi connectivity index (χ2n) is 5.76. The molecule has 1 atom stereocenters. The lowest BCUT2D eigenvalue weighted by atomic mass is 10.2. The van der Waals surface area contributed by atoms with Crippen molar-refractivity contribution in [3.8, 4) is 0 Å². The fourth-order valence-electron chi connectivity index (χ4n) is 2.35. The van der Waals surface area contributed by atoms with E-state index in [1.54, 1.807) is 19.1 Å². The lowest BCUT2D eigenvalue weighted by Gasteiger charge is -2.21. The number of nitrogens with zero attached hydrogens (tertiary/aromatic N) is 4. The molecule has 9 nitrogen and oxygen atoms in total. The molecule has 0 fully saturated rings. The van der Waals surface area contributed by atoms with Crippen LogP contribution >= 0.6 is 0 Å². The maximum Gasteiger partial charge on any atom is 0.271 e. The first-order valence-electron chi connectivity index (χ1n) is 7.87. The molecule has 1 unspecified atom stereocenters. The van der Waals surface area contributed by atoms with Gasteiger partial charge >= 0.3 is 0 Å². The number of hydrazine groups is 1. The molecule has 3 aromatic rings. The minimum atomic E-state index is -0.802. The van der Waals surface area contributed by atoms with Crippen LogP contribution in [0.1, 0.15) is 17.4 Å². The van der Waals surface area contributed by atoms with Gasteiger partial charge in [0.15, 0.2) is 17.3 Å². The highest BCUT2D eigenvalue weighted by Gasteiger charge is 2.18. The number of hydrogen-bond donors (Lipinski definition) is 3. The van der Waals surface area contributed by atoms with Gasteiger partial charge in [-0.25, -0.2) is 20.2 Å². The number of carbonyl (C=O) groups excluding carboxylic acids is 2. The standard InChI is InChI=1S/C17H16FN7O2/c1-9(8-26)25(20)14-7-22-15(16(19)27)17(24-14)23-12-5-10-4-11(18)2-3-13(10)21-6-12/h2-9H,20H2,1H3,(H2,19,27)(H,23,24). The summed E-state index contributed by atoms with van der Waals surface area (Å²) in [4.78, 5) is 35.0. The van der Waals surface area contributed by atoms with Gasteiger partial charge < -0.3 is 15.8 Å². The molecule has 0 aliphatic heterocycles. The van der Waals surface area contributed by atoms with E-state index in [1.165, 1.54) is 24.5 Å². The Bertz CT molecular complexity index is 1030. The van der Waals surface area contributed by atoms with Crippen LogP contribution in [0.4, 0.5) is 21.7 Å². The van der Waals surface area contributed by atoms with Crippen molar-refractivity contribution in [1.29, 1.82) is 0 Å². The van der Waals surface area contributed by atoms with E-state index in [4.69, 9.17) is 11.6 Å². The second kappa shape index (κ2) is 7.30. The van der Waals surface area contributed by atoms with Crippen molar-refractivity contribution in [2.24, 2.45) is 11.6 Å². The fourth-order valence-corrected chi connectivity index (χ4v) is 2.35. The Kier molecular flexibility index (Phi) is 4.90. The molecule has 1 aromatic carbocycles. The summed E-state index contributed by atoms with van der Waals surface area (Å²) in [5, 5.41) is 4.54. The largest absolute Gasteiger partial charge is 0.364 e. The molecule has 138 valence electrons. The minimum absolute atomic E-state index is 0.0334. The van der Waals surface area contributed by atoms with Gasteiger partial charge in [-0.3, -0.25) is 14.8 Å². The quantitative estimate of drug-likeness (QED) is 0.335. The van der Waals surface area contributed by atoms with Crippen LogP contribution in [0, 0.1) is 5.82 Å². The molecule has 10 heteroatoms. The van der Waals surface area contributed by atoms with E-state index in [0.717, 1.165) is 5.01 Å². The van der Waals surface area contributed by atoms with Crippen molar-refractivity contribution in [2.75, 3.05) is 10.3 Å². The molecule has 0 aliphatic rings. The van der Waals surface area contributed by atoms with Crippen molar-refractivity contribution in [2.45, 2.75) is 13.0 Å². The highest BCUT2D eigenvalue weighted by Crippen LogP contribution is 2.23. The second-order valence-corrected chi connectivity index (χ2v) is 5.76. The molecular weight excluding hydrogens is 353 g/mol. The predicted octanol–water partition coefficient (Wildman–Crippen LogP) is 1.27. The van der Waals surface area contributed by atoms with Gasteiger partial charge in [0.1, 0.15) is 12.1 Å². The number of primary amides is 1. The molecule has 2 aromatic heterocycles. The third kappa shape index (κ3) is 3.80. The zero-order valence-corrected chi connectivity index (χ0v) is 14.3. The average Bonchev–Trinajstić information content (AvgIpc) is 2.66. The molecule has 0 saturated carbocycles. The van der Waals surface area contributed by atoms with Gasteiger partial charge in [0.25, 0.3) is 5.91 Å². The smallest absolute Gasteiger partial charge is 0.271 e. The predicted molar refractivity (Wildman–Crippen MR) is 97.7 cm³/mol. The van der Waals surface area contributed by atoms with Crippen LogP contribution < -0.4 is 21.9 Å². The summed E-state index contributed by atoms with van der Waals surface area (Å²) in [5.41, 5.74) is 6.26. The molecule has 0 aliphatic carbocycles. The van der Waals surface area contributed by atoms with Crippen molar-refractivity contribution in [3.63, 3.8) is 0 Å². The van der Waals surface area contributed by atoms with Gasteiger partial charge in [-0.05, 0) is 31.2 Å². The Labute approximate surface area is 153 Å². The summed E-state index contributed by atoms with van der Waals surface area (Å²) in [6.45, 7) is 1.57. The molecule has 1 amide bonds. The van der Waals surface area contributed by atoms with Crippen LogP contribution in [-0.2, 0) is 4.79 Å². The number of hydrogen-bond acceptors (Lipinski definition) is 8. The number of nitrogens with two attached hydrogens (primary N) is 2. The summed E-state index contributed by atoms with van der Waals surface area (Å²) in [5.74, 6) is 4.82. The number of carbonyl (C=O) groups is 2. The van der Waals surface area contributed by atoms with Crippen LogP contribution in [-0.4, -0.2) is 33.2 Å². The first-order valence-corrected chi connectivity index (χ1v) is 7.87. The first kappa shape index (κ1) is 18.1. The molecule has 27 heavy (non-hydrogen) atoms. The van der Waals surface area contributed by atoms with Gasteiger partial charge in [0.2, 0.25) is 0 Å². The number of fused-ring (bicyclic) bond motifs is 1. The molecule has 5 N–H and O–H groups in total. The Morgan fingerprint density at radius 1 is 1.30 bits per heavy atom. The summed E-state index contributed by atoms with van der Waals surface area (Å²) >= 11 is 0. The van der Waals surface area contributed by atoms with Crippen molar-refractivity contribution in [1.82, 2.24) is 15.0 Å². The zero-order chi connectivity index (χ0) is 19.6. The van der Waals surface area contributed by atoms with Crippen LogP contribution in [0.15, 0.2) is 36.7 Å². The number of aldehydes is 1. The van der Waals surface area contributed by atoms with E-state index in [0.29, 0.717) is 22.9 Å². The van der Waals surface area contributed by atoms with Gasteiger partial charge in [0.05, 0.1) is 29.6 Å². The SMILES string of the molecule is CC(C=O)N(N)c1cnc(C(N)=O)c(Nc2cnc3ccc(F)cc3c2)n1. The van der Waals surface area contributed by atoms with E-state index in [2.05, 4.69) is 20.3 Å². The van der Waals surface area contributed by atoms with Crippen LogP contribution in [0.25, 0.3) is 10.9 Å². The van der Waals surface area contributed by atoms with E-state index < -0.39 is 17.8 Å². The molecule has 3 rings (SSSR count). The van der Waals surface area contributed by atoms with E-state index in [1.807, 2.05) is 0 Å². The van der Waals surface area contributed by atoms with Gasteiger partial charge in [-0.2, -0.15) is 0 Å². The number of benzene rings is 1. The number of amides is 1. The maximum absolute atomic E-state index is 13.4. The average molecular weight is 369 g/mol. The Morgan fingerprint density at radius 2 is 2.07 bits per heavy atom. The topological polar surface area (TPSA) is 140 Å². The van der Waals surface area contributed by atoms with Crippen LogP contribution in [0.3, 0.4) is 0 Å². The third-order valence-corrected chi connectivity index (χ3v) is 3.80. The monoisotopic (exact) mass is 369 g/mol. The highest BCUT2D eigenvalue weighted by molar-refractivity contribution is 5.96. The maximum atomic E-state index is 13.4. The number of halogens is 1. The van der Waals surface area contributed by atoms with Gasteiger partial charge in [-0.1, -0.05) is 0 Å². The van der Waals surface area contributed by atoms with Crippen LogP contribution in [0.2, 0.25) is 0 Å². The van der Waals surface area contributed by atoms with E-state index in [9.17, 15) is 14.0 Å². The lowest BCUT2D eigenvalue weighted by Crippen LogP contribution is -2.41. The van der Waals surface area contributed by atoms with Crippen LogP contribution in [0.5, 0.6) is 0 Å². The molecular formula is C17H16FN7O2. The summed E-state index contributed by atoms with van der Waals surface area (Å²) in [7, 11) is 0. The minimum Gasteiger partial charge on any atom is -0.364 e. The zero-order valence-electron chi connectivity index (χ0n) is 14.3. The summed E-state index contributed by atoms with van der Waals surface area (Å²) in [6, 6.07) is 5.18. The third-order valence-electron chi connectivity index (χ3n) is 3.80. The van der Waals surface area contributed by atoms with Gasteiger partial charge in [0, 0.05) is 5.39 Å². The molecule has 0 spiro atoms. The lowest BCUT2D eigenvalue weighted by molar-refractivity contribution is -0.108. The Morgan fingerprint density at radius 3 is 2.78 bits per heavy atom. The highest BCUT2D eigenvalue weighted by atomic mass is 19.1. The molecule has 0 saturated heterocycles. The van der Waals surface area contributed by atoms with Gasteiger partial charge in [-0.15, -0.1) is 0 Å². The van der Waals surface area contributed by atoms with E-state index in [-0.39, 0.29) is 17.3 Å². The number of anilines is 3. The van der Waals surface area contributed by atoms with Crippen molar-refractivity contribution < 1.29 is 14.0 Å². The summed E-state index contributed by atoms with van der Waals surface area (Å²) < 4.78 is 13.4. The summed E-state index contributed by atoms with van der Waals surface area (Å²) in [6.07, 6.45) is 3.37. The molecule has 0 bridgehead atoms. The fraction of sp³-hybridized carbons (Fsp3) is 0.118.